The van der Waals surface area contributed by atoms with Gasteiger partial charge in [-0.3, -0.25) is 4.79 Å². The molecule has 0 aliphatic carbocycles. The van der Waals surface area contributed by atoms with Crippen molar-refractivity contribution in [2.45, 2.75) is 12.4 Å². The van der Waals surface area contributed by atoms with E-state index in [0.717, 1.165) is 0 Å². The van der Waals surface area contributed by atoms with E-state index >= 15 is 0 Å². The van der Waals surface area contributed by atoms with Crippen LogP contribution in [0.4, 0.5) is 0 Å². The van der Waals surface area contributed by atoms with Crippen molar-refractivity contribution in [3.8, 4) is 34.3 Å². The van der Waals surface area contributed by atoms with E-state index in [1.54, 1.807) is 18.2 Å². The fourth-order valence-electron chi connectivity index (χ4n) is 2.62. The van der Waals surface area contributed by atoms with Crippen molar-refractivity contribution in [2.75, 3.05) is 0 Å². The highest BCUT2D eigenvalue weighted by Crippen LogP contribution is 2.46. The molecule has 0 bridgehead atoms. The van der Waals surface area contributed by atoms with Gasteiger partial charge in [-0.1, -0.05) is 30.3 Å². The predicted octanol–water partition coefficient (Wildman–Crippen LogP) is 0.456. The number of aromatic hydroxyl groups is 4. The van der Waals surface area contributed by atoms with Crippen LogP contribution in [0.3, 0.4) is 0 Å². The molecule has 136 valence electrons. The molecular weight excluding hydrogens is 348 g/mol. The molecule has 0 radical (unpaired) electrons. The second kappa shape index (κ2) is 5.92. The number of rotatable bonds is 3. The molecule has 0 atom stereocenters. The van der Waals surface area contributed by atoms with Crippen LogP contribution in [0.1, 0.15) is 5.56 Å². The van der Waals surface area contributed by atoms with Gasteiger partial charge in [-0.25, -0.2) is 0 Å². The first kappa shape index (κ1) is 17.5. The van der Waals surface area contributed by atoms with Gasteiger partial charge in [0.1, 0.15) is 11.0 Å². The number of benzene rings is 2. The van der Waals surface area contributed by atoms with Gasteiger partial charge in [-0.15, -0.1) is 0 Å². The first-order valence-electron chi connectivity index (χ1n) is 7.30. The highest BCUT2D eigenvalue weighted by Gasteiger charge is 2.30. The standard InChI is InChI=1S/C17H14O9/c18-10-8(6-17(23,24)25)16-9(11(19)13(10)21)12(20)14(22)15(26-16)7-4-2-1-3-5-7/h1-5,18-19,21-25H,6H2. The highest BCUT2D eigenvalue weighted by atomic mass is 16.7. The molecule has 0 fully saturated rings. The first-order chi connectivity index (χ1) is 12.1. The topological polar surface area (TPSA) is 172 Å². The van der Waals surface area contributed by atoms with Crippen LogP contribution in [-0.4, -0.2) is 41.7 Å². The van der Waals surface area contributed by atoms with Crippen molar-refractivity contribution < 1.29 is 40.2 Å². The zero-order valence-electron chi connectivity index (χ0n) is 13.0. The maximum Gasteiger partial charge on any atom is 0.279 e. The Bertz CT molecular complexity index is 1050. The minimum absolute atomic E-state index is 0.283. The van der Waals surface area contributed by atoms with Crippen LogP contribution in [0.5, 0.6) is 23.0 Å². The fraction of sp³-hybridized carbons (Fsp3) is 0.118. The predicted molar refractivity (Wildman–Crippen MR) is 87.7 cm³/mol. The zero-order chi connectivity index (χ0) is 19.2. The van der Waals surface area contributed by atoms with E-state index in [9.17, 15) is 40.5 Å². The molecule has 0 saturated heterocycles. The quantitative estimate of drug-likeness (QED) is 0.258. The van der Waals surface area contributed by atoms with Gasteiger partial charge in [0.25, 0.3) is 5.97 Å². The summed E-state index contributed by atoms with van der Waals surface area (Å²) in [5.41, 5.74) is -1.94. The van der Waals surface area contributed by atoms with Gasteiger partial charge in [0.2, 0.25) is 16.9 Å². The molecule has 0 spiro atoms. The van der Waals surface area contributed by atoms with Gasteiger partial charge >= 0.3 is 0 Å². The van der Waals surface area contributed by atoms with Gasteiger partial charge in [-0.2, -0.15) is 0 Å². The van der Waals surface area contributed by atoms with Crippen LogP contribution >= 0.6 is 0 Å². The van der Waals surface area contributed by atoms with E-state index in [1.165, 1.54) is 12.1 Å². The second-order valence-electron chi connectivity index (χ2n) is 5.65. The van der Waals surface area contributed by atoms with Crippen molar-refractivity contribution in [3.63, 3.8) is 0 Å². The number of fused-ring (bicyclic) bond motifs is 1. The van der Waals surface area contributed by atoms with E-state index < -0.39 is 57.4 Å². The highest BCUT2D eigenvalue weighted by molar-refractivity contribution is 5.93. The molecule has 0 amide bonds. The summed E-state index contributed by atoms with van der Waals surface area (Å²) in [6, 6.07) is 7.91. The maximum absolute atomic E-state index is 12.5. The normalized spacial score (nSPS) is 11.8. The Morgan fingerprint density at radius 3 is 2.04 bits per heavy atom. The van der Waals surface area contributed by atoms with Gasteiger partial charge < -0.3 is 40.2 Å². The SMILES string of the molecule is O=c1c(O)c(-c2ccccc2)oc2c(CC(O)(O)O)c(O)c(O)c(O)c12. The maximum atomic E-state index is 12.5. The van der Waals surface area contributed by atoms with Crippen molar-refractivity contribution >= 4 is 11.0 Å². The van der Waals surface area contributed by atoms with Crippen molar-refractivity contribution in [3.05, 3.63) is 46.1 Å². The Kier molecular flexibility index (Phi) is 3.99. The van der Waals surface area contributed by atoms with Crippen molar-refractivity contribution in [1.29, 1.82) is 0 Å². The average Bonchev–Trinajstić information content (AvgIpc) is 2.59. The van der Waals surface area contributed by atoms with Gasteiger partial charge in [0.05, 0.1) is 6.42 Å². The lowest BCUT2D eigenvalue weighted by atomic mass is 10.0. The molecule has 1 aromatic heterocycles. The van der Waals surface area contributed by atoms with E-state index in [4.69, 9.17) is 4.42 Å². The summed E-state index contributed by atoms with van der Waals surface area (Å²) in [7, 11) is 0. The fourth-order valence-corrected chi connectivity index (χ4v) is 2.62. The number of phenolic OH excluding ortho intramolecular Hbond substituents is 3. The summed E-state index contributed by atoms with van der Waals surface area (Å²) >= 11 is 0. The third kappa shape index (κ3) is 2.80. The number of hydrogen-bond donors (Lipinski definition) is 7. The minimum atomic E-state index is -3.31. The second-order valence-corrected chi connectivity index (χ2v) is 5.65. The average molecular weight is 362 g/mol. The van der Waals surface area contributed by atoms with E-state index in [2.05, 4.69) is 0 Å². The molecule has 3 rings (SSSR count). The Hall–Kier alpha value is -3.27. The lowest BCUT2D eigenvalue weighted by Crippen LogP contribution is -2.30. The van der Waals surface area contributed by atoms with Crippen LogP contribution in [0.25, 0.3) is 22.3 Å². The van der Waals surface area contributed by atoms with E-state index in [1.807, 2.05) is 0 Å². The molecular formula is C17H14O9. The zero-order valence-corrected chi connectivity index (χ0v) is 13.0. The van der Waals surface area contributed by atoms with Crippen LogP contribution in [0.2, 0.25) is 0 Å². The smallest absolute Gasteiger partial charge is 0.279 e. The molecule has 0 unspecified atom stereocenters. The third-order valence-corrected chi connectivity index (χ3v) is 3.78. The summed E-state index contributed by atoms with van der Waals surface area (Å²) in [5.74, 6) is -7.71. The molecule has 2 aromatic carbocycles. The molecule has 0 aliphatic rings. The molecule has 3 aromatic rings. The Morgan fingerprint density at radius 1 is 0.846 bits per heavy atom. The van der Waals surface area contributed by atoms with Gasteiger partial charge in [0, 0.05) is 11.1 Å². The third-order valence-electron chi connectivity index (χ3n) is 3.78. The lowest BCUT2D eigenvalue weighted by Gasteiger charge is -2.18. The largest absolute Gasteiger partial charge is 0.504 e. The lowest BCUT2D eigenvalue weighted by molar-refractivity contribution is -0.309. The minimum Gasteiger partial charge on any atom is -0.504 e. The molecule has 0 aliphatic heterocycles. The molecule has 26 heavy (non-hydrogen) atoms. The Balaban J connectivity index is 2.47. The summed E-state index contributed by atoms with van der Waals surface area (Å²) in [4.78, 5) is 12.5. The number of aliphatic hydroxyl groups is 3. The summed E-state index contributed by atoms with van der Waals surface area (Å²) in [6.45, 7) is 0. The van der Waals surface area contributed by atoms with Crippen LogP contribution in [-0.2, 0) is 6.42 Å². The molecule has 7 N–H and O–H groups in total. The van der Waals surface area contributed by atoms with Crippen LogP contribution < -0.4 is 5.43 Å². The van der Waals surface area contributed by atoms with Gasteiger partial charge in [-0.05, 0) is 0 Å². The summed E-state index contributed by atoms with van der Waals surface area (Å²) in [5, 5.41) is 66.8. The van der Waals surface area contributed by atoms with Crippen LogP contribution in [0, 0.1) is 0 Å². The molecule has 1 heterocycles. The summed E-state index contributed by atoms with van der Waals surface area (Å²) < 4.78 is 5.44. The van der Waals surface area contributed by atoms with Gasteiger partial charge in [0.15, 0.2) is 17.3 Å². The number of hydrogen-bond acceptors (Lipinski definition) is 9. The number of phenols is 3. The van der Waals surface area contributed by atoms with Crippen LogP contribution in [0.15, 0.2) is 39.5 Å². The Labute approximate surface area is 144 Å². The molecule has 9 heteroatoms. The van der Waals surface area contributed by atoms with Crippen molar-refractivity contribution in [2.24, 2.45) is 0 Å². The Morgan fingerprint density at radius 2 is 1.46 bits per heavy atom. The van der Waals surface area contributed by atoms with Crippen molar-refractivity contribution in [1.82, 2.24) is 0 Å². The van der Waals surface area contributed by atoms with E-state index in [0.29, 0.717) is 0 Å². The molecule has 9 nitrogen and oxygen atoms in total. The summed E-state index contributed by atoms with van der Waals surface area (Å²) in [6.07, 6.45) is -1.06. The monoisotopic (exact) mass is 362 g/mol. The van der Waals surface area contributed by atoms with E-state index in [-0.39, 0.29) is 11.3 Å². The first-order valence-corrected chi connectivity index (χ1v) is 7.30. The molecule has 0 saturated carbocycles.